The van der Waals surface area contributed by atoms with E-state index in [-0.39, 0.29) is 33.9 Å². The molecule has 0 bridgehead atoms. The predicted octanol–water partition coefficient (Wildman–Crippen LogP) is 2.15. The van der Waals surface area contributed by atoms with Crippen molar-refractivity contribution in [1.82, 2.24) is 0 Å². The van der Waals surface area contributed by atoms with Gasteiger partial charge in [-0.15, -0.1) is 0 Å². The number of hydrogen-bond acceptors (Lipinski definition) is 9. The normalized spacial score (nSPS) is 11.2. The lowest BCUT2D eigenvalue weighted by Gasteiger charge is -1.99. The third kappa shape index (κ3) is 14.0. The van der Waals surface area contributed by atoms with E-state index < -0.39 is 47.4 Å². The van der Waals surface area contributed by atoms with Gasteiger partial charge in [-0.3, -0.25) is 14.4 Å². The van der Waals surface area contributed by atoms with Crippen LogP contribution in [0.15, 0.2) is 87.5 Å². The van der Waals surface area contributed by atoms with Gasteiger partial charge in [0.15, 0.2) is 29.5 Å². The Hall–Kier alpha value is -4.08. The van der Waals surface area contributed by atoms with Crippen molar-refractivity contribution in [3.8, 4) is 0 Å². The summed E-state index contributed by atoms with van der Waals surface area (Å²) in [6.45, 7) is 0. The van der Waals surface area contributed by atoms with E-state index in [1.165, 1.54) is 72.8 Å². The number of hydrogen-bond donors (Lipinski definition) is 3. The standard InChI is InChI=1S/3C9H10O4S/c3*1-14(12,13)8-4-2-7(3-5-8)6-9(10)11/h3*2-5H,6H2,1H3,(H,10,11). The van der Waals surface area contributed by atoms with Crippen molar-refractivity contribution in [2.75, 3.05) is 18.8 Å². The highest BCUT2D eigenvalue weighted by molar-refractivity contribution is 7.91. The molecule has 42 heavy (non-hydrogen) atoms. The lowest BCUT2D eigenvalue weighted by atomic mass is 10.2. The lowest BCUT2D eigenvalue weighted by Crippen LogP contribution is -2.01. The fourth-order valence-electron chi connectivity index (χ4n) is 3.09. The summed E-state index contributed by atoms with van der Waals surface area (Å²) < 4.78 is 66.3. The SMILES string of the molecule is CS(=O)(=O)c1ccc(CC(=O)O)cc1.CS(=O)(=O)c1ccc(CC(=O)O)cc1.CS(=O)(=O)c1ccc(CC(=O)O)cc1. The van der Waals surface area contributed by atoms with Crippen LogP contribution in [0.2, 0.25) is 0 Å². The third-order valence-electron chi connectivity index (χ3n) is 5.12. The molecule has 0 amide bonds. The summed E-state index contributed by atoms with van der Waals surface area (Å²) in [6.07, 6.45) is 3.05. The molecule has 3 aromatic carbocycles. The van der Waals surface area contributed by atoms with Crippen molar-refractivity contribution >= 4 is 47.4 Å². The fourth-order valence-corrected chi connectivity index (χ4v) is 4.98. The van der Waals surface area contributed by atoms with Crippen LogP contribution in [0.1, 0.15) is 16.7 Å². The van der Waals surface area contributed by atoms with Gasteiger partial charge in [-0.2, -0.15) is 0 Å². The fraction of sp³-hybridized carbons (Fsp3) is 0.222. The quantitative estimate of drug-likeness (QED) is 0.306. The number of carboxylic acids is 3. The van der Waals surface area contributed by atoms with E-state index in [0.717, 1.165) is 18.8 Å². The van der Waals surface area contributed by atoms with Crippen LogP contribution >= 0.6 is 0 Å². The Labute approximate surface area is 244 Å². The first-order valence-electron chi connectivity index (χ1n) is 11.7. The number of rotatable bonds is 9. The van der Waals surface area contributed by atoms with Gasteiger partial charge in [0.25, 0.3) is 0 Å². The molecule has 0 radical (unpaired) electrons. The maximum Gasteiger partial charge on any atom is 0.307 e. The monoisotopic (exact) mass is 642 g/mol. The highest BCUT2D eigenvalue weighted by Gasteiger charge is 2.09. The van der Waals surface area contributed by atoms with Gasteiger partial charge in [-0.25, -0.2) is 25.3 Å². The van der Waals surface area contributed by atoms with Crippen LogP contribution in [-0.4, -0.2) is 77.2 Å². The number of sulfone groups is 3. The molecule has 0 aromatic heterocycles. The zero-order valence-corrected chi connectivity index (χ0v) is 25.2. The second-order valence-corrected chi connectivity index (χ2v) is 15.0. The number of benzene rings is 3. The number of carbonyl (C=O) groups is 3. The molecule has 0 fully saturated rings. The summed E-state index contributed by atoms with van der Waals surface area (Å²) >= 11 is 0. The Balaban J connectivity index is 0.000000315. The van der Waals surface area contributed by atoms with Crippen molar-refractivity contribution in [3.63, 3.8) is 0 Å². The maximum atomic E-state index is 11.1. The van der Waals surface area contributed by atoms with E-state index in [4.69, 9.17) is 15.3 Å². The Kier molecular flexibility index (Phi) is 13.0. The molecule has 3 N–H and O–H groups in total. The summed E-state index contributed by atoms with van der Waals surface area (Å²) in [6, 6.07) is 17.5. The summed E-state index contributed by atoms with van der Waals surface area (Å²) in [5.41, 5.74) is 1.76. The molecule has 228 valence electrons. The lowest BCUT2D eigenvalue weighted by molar-refractivity contribution is -0.137. The molecule has 0 aliphatic carbocycles. The van der Waals surface area contributed by atoms with E-state index in [1.54, 1.807) is 0 Å². The summed E-state index contributed by atoms with van der Waals surface area (Å²) in [5.74, 6) is -2.80. The largest absolute Gasteiger partial charge is 0.481 e. The summed E-state index contributed by atoms with van der Waals surface area (Å²) in [5, 5.41) is 25.4. The number of aliphatic carboxylic acids is 3. The topological polar surface area (TPSA) is 214 Å². The van der Waals surface area contributed by atoms with Crippen LogP contribution in [-0.2, 0) is 63.2 Å². The third-order valence-corrected chi connectivity index (χ3v) is 8.51. The van der Waals surface area contributed by atoms with Gasteiger partial charge < -0.3 is 15.3 Å². The van der Waals surface area contributed by atoms with Crippen molar-refractivity contribution in [1.29, 1.82) is 0 Å². The van der Waals surface area contributed by atoms with Crippen LogP contribution in [0.5, 0.6) is 0 Å². The molecule has 0 heterocycles. The zero-order chi connectivity index (χ0) is 32.3. The molecule has 0 spiro atoms. The second kappa shape index (κ2) is 15.2. The average molecular weight is 643 g/mol. The van der Waals surface area contributed by atoms with E-state index in [9.17, 15) is 39.6 Å². The highest BCUT2D eigenvalue weighted by atomic mass is 32.2. The minimum absolute atomic E-state index is 0.0932. The van der Waals surface area contributed by atoms with Crippen LogP contribution in [0.4, 0.5) is 0 Å². The molecule has 0 saturated heterocycles. The van der Waals surface area contributed by atoms with Gasteiger partial charge in [0.2, 0.25) is 0 Å². The van der Waals surface area contributed by atoms with Gasteiger partial charge in [-0.05, 0) is 53.1 Å². The molecule has 0 unspecified atom stereocenters. The Morgan fingerprint density at radius 2 is 0.595 bits per heavy atom. The first-order valence-corrected chi connectivity index (χ1v) is 17.4. The molecule has 0 aliphatic rings. The van der Waals surface area contributed by atoms with Crippen LogP contribution in [0, 0.1) is 0 Å². The van der Waals surface area contributed by atoms with Gasteiger partial charge >= 0.3 is 17.9 Å². The van der Waals surface area contributed by atoms with Crippen LogP contribution in [0.3, 0.4) is 0 Å². The Morgan fingerprint density at radius 3 is 0.714 bits per heavy atom. The average Bonchev–Trinajstić information content (AvgIpc) is 2.83. The molecular weight excluding hydrogens is 612 g/mol. The van der Waals surface area contributed by atoms with Crippen molar-refractivity contribution in [3.05, 3.63) is 89.5 Å². The second-order valence-electron chi connectivity index (χ2n) is 8.96. The maximum absolute atomic E-state index is 11.1. The first kappa shape index (κ1) is 35.9. The summed E-state index contributed by atoms with van der Waals surface area (Å²) in [7, 11) is -9.59. The summed E-state index contributed by atoms with van der Waals surface area (Å²) in [4.78, 5) is 31.6. The minimum Gasteiger partial charge on any atom is -0.481 e. The Bertz CT molecular complexity index is 1500. The van der Waals surface area contributed by atoms with E-state index in [0.29, 0.717) is 16.7 Å². The van der Waals surface area contributed by atoms with E-state index >= 15 is 0 Å². The molecule has 0 aliphatic heterocycles. The van der Waals surface area contributed by atoms with Gasteiger partial charge in [0, 0.05) is 18.8 Å². The van der Waals surface area contributed by atoms with Gasteiger partial charge in [0.05, 0.1) is 33.9 Å². The molecular formula is C27H30O12S3. The Morgan fingerprint density at radius 1 is 0.429 bits per heavy atom. The highest BCUT2D eigenvalue weighted by Crippen LogP contribution is 2.12. The van der Waals surface area contributed by atoms with Crippen molar-refractivity contribution < 1.29 is 55.0 Å². The first-order chi connectivity index (χ1) is 19.2. The van der Waals surface area contributed by atoms with Crippen molar-refractivity contribution in [2.24, 2.45) is 0 Å². The molecule has 15 heteroatoms. The molecule has 0 atom stereocenters. The molecule has 3 aromatic rings. The molecule has 3 rings (SSSR count). The van der Waals surface area contributed by atoms with Crippen LogP contribution < -0.4 is 0 Å². The van der Waals surface area contributed by atoms with E-state index in [1.807, 2.05) is 0 Å². The molecule has 12 nitrogen and oxygen atoms in total. The van der Waals surface area contributed by atoms with E-state index in [2.05, 4.69) is 0 Å². The molecule has 0 saturated carbocycles. The van der Waals surface area contributed by atoms with Gasteiger partial charge in [-0.1, -0.05) is 36.4 Å². The van der Waals surface area contributed by atoms with Crippen molar-refractivity contribution in [2.45, 2.75) is 33.9 Å². The van der Waals surface area contributed by atoms with Gasteiger partial charge in [0.1, 0.15) is 0 Å². The smallest absolute Gasteiger partial charge is 0.307 e. The number of carboxylic acid groups (broad SMARTS) is 3. The minimum atomic E-state index is -3.20. The zero-order valence-electron chi connectivity index (χ0n) is 22.8. The predicted molar refractivity (Wildman–Crippen MR) is 153 cm³/mol. The van der Waals surface area contributed by atoms with Crippen LogP contribution in [0.25, 0.3) is 0 Å².